The van der Waals surface area contributed by atoms with Crippen molar-refractivity contribution in [1.82, 2.24) is 10.8 Å². The third kappa shape index (κ3) is 11.5. The van der Waals surface area contributed by atoms with Crippen molar-refractivity contribution in [2.45, 2.75) is 52.0 Å². The standard InChI is InChI=1S/C22H29N3O5.CH2O2/c1-22(2,3)30-21(28)24-19(12-15-8-10-18(26)11-9-15)20(27)25-29-14-17-6-4-16(13-23)5-7-17;2-1-3/h4-11,19,26H,12-14,23H2,1-3H3,(H,24,28)(H,25,27);1H,(H,2,3)/t19-;/m1./s1. The molecule has 2 amide bonds. The second-order valence-corrected chi connectivity index (χ2v) is 7.95. The predicted octanol–water partition coefficient (Wildman–Crippen LogP) is 2.24. The average Bonchev–Trinajstić information content (AvgIpc) is 2.74. The van der Waals surface area contributed by atoms with Crippen molar-refractivity contribution in [3.05, 3.63) is 65.2 Å². The molecule has 0 unspecified atom stereocenters. The fraction of sp³-hybridized carbons (Fsp3) is 0.348. The van der Waals surface area contributed by atoms with Crippen molar-refractivity contribution in [2.24, 2.45) is 5.73 Å². The number of aromatic hydroxyl groups is 1. The van der Waals surface area contributed by atoms with E-state index in [1.165, 1.54) is 12.1 Å². The zero-order chi connectivity index (χ0) is 24.9. The van der Waals surface area contributed by atoms with Gasteiger partial charge in [-0.1, -0.05) is 36.4 Å². The van der Waals surface area contributed by atoms with E-state index in [-0.39, 0.29) is 25.2 Å². The molecule has 2 rings (SSSR count). The number of rotatable bonds is 8. The molecule has 33 heavy (non-hydrogen) atoms. The van der Waals surface area contributed by atoms with Crippen molar-refractivity contribution in [3.8, 4) is 5.75 Å². The summed E-state index contributed by atoms with van der Waals surface area (Å²) in [6, 6.07) is 12.9. The maximum absolute atomic E-state index is 12.6. The molecule has 6 N–H and O–H groups in total. The van der Waals surface area contributed by atoms with E-state index in [2.05, 4.69) is 10.8 Å². The molecule has 1 atom stereocenters. The third-order valence-electron chi connectivity index (χ3n) is 4.05. The normalized spacial score (nSPS) is 11.4. The van der Waals surface area contributed by atoms with Gasteiger partial charge in [0.25, 0.3) is 12.4 Å². The number of phenols is 1. The molecule has 0 aliphatic carbocycles. The van der Waals surface area contributed by atoms with Gasteiger partial charge in [-0.3, -0.25) is 14.4 Å². The number of nitrogens with one attached hydrogen (secondary N) is 2. The summed E-state index contributed by atoms with van der Waals surface area (Å²) in [5, 5.41) is 18.9. The molecule has 0 heterocycles. The number of carbonyl (C=O) groups excluding carboxylic acids is 2. The van der Waals surface area contributed by atoms with Crippen LogP contribution in [-0.2, 0) is 38.7 Å². The van der Waals surface area contributed by atoms with Crippen LogP contribution in [0, 0.1) is 0 Å². The van der Waals surface area contributed by atoms with E-state index >= 15 is 0 Å². The second kappa shape index (κ2) is 13.7. The van der Waals surface area contributed by atoms with Gasteiger partial charge in [-0.15, -0.1) is 0 Å². The largest absolute Gasteiger partial charge is 0.508 e. The Balaban J connectivity index is 0.00000172. The number of hydroxylamine groups is 1. The lowest BCUT2D eigenvalue weighted by Crippen LogP contribution is -2.49. The van der Waals surface area contributed by atoms with Gasteiger partial charge in [0, 0.05) is 13.0 Å². The van der Waals surface area contributed by atoms with Crippen LogP contribution in [0.25, 0.3) is 0 Å². The highest BCUT2D eigenvalue weighted by atomic mass is 16.7. The minimum absolute atomic E-state index is 0.115. The third-order valence-corrected chi connectivity index (χ3v) is 4.05. The van der Waals surface area contributed by atoms with Crippen molar-refractivity contribution in [2.75, 3.05) is 0 Å². The van der Waals surface area contributed by atoms with Gasteiger partial charge in [0.2, 0.25) is 0 Å². The summed E-state index contributed by atoms with van der Waals surface area (Å²) < 4.78 is 5.25. The number of carbonyl (C=O) groups is 3. The van der Waals surface area contributed by atoms with Crippen molar-refractivity contribution >= 4 is 18.5 Å². The Morgan fingerprint density at radius 3 is 2.06 bits per heavy atom. The van der Waals surface area contributed by atoms with Crippen LogP contribution < -0.4 is 16.5 Å². The zero-order valence-electron chi connectivity index (χ0n) is 18.9. The Kier molecular flexibility index (Phi) is 11.4. The summed E-state index contributed by atoms with van der Waals surface area (Å²) in [6.45, 7) is 5.57. The monoisotopic (exact) mass is 461 g/mol. The van der Waals surface area contributed by atoms with Crippen molar-refractivity contribution in [3.63, 3.8) is 0 Å². The number of carboxylic acid groups (broad SMARTS) is 1. The van der Waals surface area contributed by atoms with Gasteiger partial charge in [-0.2, -0.15) is 0 Å². The fourth-order valence-electron chi connectivity index (χ4n) is 2.56. The molecule has 0 fully saturated rings. The molecule has 0 aliphatic rings. The van der Waals surface area contributed by atoms with Crippen LogP contribution >= 0.6 is 0 Å². The Morgan fingerprint density at radius 1 is 1.03 bits per heavy atom. The topological polar surface area (TPSA) is 160 Å². The van der Waals surface area contributed by atoms with Crippen LogP contribution in [0.15, 0.2) is 48.5 Å². The summed E-state index contributed by atoms with van der Waals surface area (Å²) in [4.78, 5) is 38.5. The Labute approximate surface area is 192 Å². The van der Waals surface area contributed by atoms with Crippen LogP contribution in [0.2, 0.25) is 0 Å². The minimum atomic E-state index is -0.927. The number of hydrogen-bond donors (Lipinski definition) is 5. The zero-order valence-corrected chi connectivity index (χ0v) is 18.9. The van der Waals surface area contributed by atoms with E-state index in [0.717, 1.165) is 16.7 Å². The summed E-state index contributed by atoms with van der Waals surface area (Å²) in [5.74, 6) is -0.406. The van der Waals surface area contributed by atoms with Gasteiger partial charge in [0.1, 0.15) is 17.4 Å². The first kappa shape index (κ1) is 27.4. The van der Waals surface area contributed by atoms with Gasteiger partial charge >= 0.3 is 6.09 Å². The molecule has 0 saturated heterocycles. The Bertz CT molecular complexity index is 878. The average molecular weight is 462 g/mol. The number of benzene rings is 2. The molecule has 180 valence electrons. The second-order valence-electron chi connectivity index (χ2n) is 7.95. The Morgan fingerprint density at radius 2 is 1.55 bits per heavy atom. The first-order valence-electron chi connectivity index (χ1n) is 10.1. The predicted molar refractivity (Wildman–Crippen MR) is 121 cm³/mol. The van der Waals surface area contributed by atoms with Gasteiger partial charge < -0.3 is 26.0 Å². The van der Waals surface area contributed by atoms with Crippen LogP contribution in [0.4, 0.5) is 4.79 Å². The SMILES string of the molecule is CC(C)(C)OC(=O)N[C@H](Cc1ccc(O)cc1)C(=O)NOCc1ccc(CN)cc1.O=CO. The van der Waals surface area contributed by atoms with Crippen LogP contribution in [-0.4, -0.2) is 40.3 Å². The molecule has 2 aromatic carbocycles. The molecule has 0 saturated carbocycles. The molecule has 0 aliphatic heterocycles. The van der Waals surface area contributed by atoms with Crippen LogP contribution in [0.3, 0.4) is 0 Å². The van der Waals surface area contributed by atoms with Crippen molar-refractivity contribution in [1.29, 1.82) is 0 Å². The molecule has 2 aromatic rings. The molecule has 10 heteroatoms. The quantitative estimate of drug-likeness (QED) is 0.295. The van der Waals surface area contributed by atoms with Gasteiger partial charge in [-0.05, 0) is 49.6 Å². The summed E-state index contributed by atoms with van der Waals surface area (Å²) in [6.07, 6.45) is -0.515. The van der Waals surface area contributed by atoms with E-state index < -0.39 is 23.6 Å². The molecule has 10 nitrogen and oxygen atoms in total. The highest BCUT2D eigenvalue weighted by molar-refractivity contribution is 5.85. The smallest absolute Gasteiger partial charge is 0.408 e. The van der Waals surface area contributed by atoms with Gasteiger partial charge in [0.05, 0.1) is 6.61 Å². The number of ether oxygens (including phenoxy) is 1. The summed E-state index contributed by atoms with van der Waals surface area (Å²) in [7, 11) is 0. The molecular formula is C23H31N3O7. The van der Waals surface area contributed by atoms with Gasteiger partial charge in [0.15, 0.2) is 0 Å². The van der Waals surface area contributed by atoms with E-state index in [0.29, 0.717) is 6.54 Å². The lowest BCUT2D eigenvalue weighted by atomic mass is 10.1. The molecule has 0 spiro atoms. The highest BCUT2D eigenvalue weighted by Gasteiger charge is 2.25. The fourth-order valence-corrected chi connectivity index (χ4v) is 2.56. The number of phenolic OH excluding ortho intramolecular Hbond substituents is 1. The lowest BCUT2D eigenvalue weighted by Gasteiger charge is -2.23. The van der Waals surface area contributed by atoms with E-state index in [9.17, 15) is 14.7 Å². The van der Waals surface area contributed by atoms with E-state index in [1.807, 2.05) is 24.3 Å². The van der Waals surface area contributed by atoms with Crippen LogP contribution in [0.5, 0.6) is 5.75 Å². The minimum Gasteiger partial charge on any atom is -0.508 e. The number of nitrogens with two attached hydrogens (primary N) is 1. The molecule has 0 radical (unpaired) electrons. The molecule has 0 bridgehead atoms. The highest BCUT2D eigenvalue weighted by Crippen LogP contribution is 2.13. The van der Waals surface area contributed by atoms with Gasteiger partial charge in [-0.25, -0.2) is 10.3 Å². The van der Waals surface area contributed by atoms with E-state index in [1.54, 1.807) is 32.9 Å². The summed E-state index contributed by atoms with van der Waals surface area (Å²) >= 11 is 0. The number of amides is 2. The summed E-state index contributed by atoms with van der Waals surface area (Å²) in [5.41, 5.74) is 9.87. The first-order chi connectivity index (χ1) is 15.6. The Hall–Kier alpha value is -3.63. The molecule has 0 aromatic heterocycles. The number of alkyl carbamates (subject to hydrolysis) is 1. The number of hydrogen-bond acceptors (Lipinski definition) is 7. The lowest BCUT2D eigenvalue weighted by molar-refractivity contribution is -0.136. The molecular weight excluding hydrogens is 430 g/mol. The van der Waals surface area contributed by atoms with E-state index in [4.69, 9.17) is 25.2 Å². The first-order valence-corrected chi connectivity index (χ1v) is 10.1. The maximum Gasteiger partial charge on any atom is 0.408 e. The maximum atomic E-state index is 12.6. The van der Waals surface area contributed by atoms with Crippen molar-refractivity contribution < 1.29 is 34.2 Å². The van der Waals surface area contributed by atoms with Crippen LogP contribution in [0.1, 0.15) is 37.5 Å².